The molecule has 0 aromatic heterocycles. The summed E-state index contributed by atoms with van der Waals surface area (Å²) in [7, 11) is 1.61. The lowest BCUT2D eigenvalue weighted by Crippen LogP contribution is -2.23. The molecule has 0 saturated heterocycles. The molecular weight excluding hydrogens is 254 g/mol. The van der Waals surface area contributed by atoms with Crippen LogP contribution in [0.4, 0.5) is 0 Å². The number of methoxy groups -OCH3 is 1. The fourth-order valence-electron chi connectivity index (χ4n) is 1.76. The molecule has 0 radical (unpaired) electrons. The fraction of sp³-hybridized carbons (Fsp3) is 0.188. The second kappa shape index (κ2) is 6.73. The molecule has 0 aliphatic rings. The highest BCUT2D eigenvalue weighted by Gasteiger charge is 2.16. The van der Waals surface area contributed by atoms with Crippen molar-refractivity contribution in [2.75, 3.05) is 7.11 Å². The summed E-state index contributed by atoms with van der Waals surface area (Å²) in [5.74, 6) is 0.327. The van der Waals surface area contributed by atoms with Crippen LogP contribution in [0.5, 0.6) is 5.75 Å². The maximum absolute atomic E-state index is 11.9. The van der Waals surface area contributed by atoms with Gasteiger partial charge in [-0.25, -0.2) is 4.79 Å². The first-order valence-corrected chi connectivity index (χ1v) is 6.31. The zero-order valence-electron chi connectivity index (χ0n) is 11.3. The Morgan fingerprint density at radius 3 is 2.35 bits per heavy atom. The van der Waals surface area contributed by atoms with E-state index in [0.29, 0.717) is 0 Å². The Balaban J connectivity index is 1.91. The van der Waals surface area contributed by atoms with Crippen LogP contribution < -0.4 is 10.5 Å². The van der Waals surface area contributed by atoms with E-state index in [4.69, 9.17) is 15.2 Å². The molecule has 0 spiro atoms. The van der Waals surface area contributed by atoms with Gasteiger partial charge in [0.2, 0.25) is 0 Å². The van der Waals surface area contributed by atoms with Gasteiger partial charge in [0.1, 0.15) is 18.4 Å². The standard InChI is InChI=1S/C16H17NO3/c1-19-14-9-7-12(8-10-14)11-20-16(18)15(17)13-5-3-2-4-6-13/h2-10,15H,11,17H2,1H3/t15-/m0/s1. The summed E-state index contributed by atoms with van der Waals surface area (Å²) in [4.78, 5) is 11.9. The van der Waals surface area contributed by atoms with Crippen LogP contribution in [-0.4, -0.2) is 13.1 Å². The van der Waals surface area contributed by atoms with E-state index in [2.05, 4.69) is 0 Å². The highest BCUT2D eigenvalue weighted by atomic mass is 16.5. The van der Waals surface area contributed by atoms with Crippen molar-refractivity contribution in [3.8, 4) is 5.75 Å². The summed E-state index contributed by atoms with van der Waals surface area (Å²) in [5, 5.41) is 0. The predicted molar refractivity (Wildman–Crippen MR) is 76.2 cm³/mol. The van der Waals surface area contributed by atoms with Gasteiger partial charge >= 0.3 is 5.97 Å². The Kier molecular flexibility index (Phi) is 4.74. The third-order valence-corrected chi connectivity index (χ3v) is 2.95. The Morgan fingerprint density at radius 2 is 1.75 bits per heavy atom. The number of carbonyl (C=O) groups is 1. The number of nitrogens with two attached hydrogens (primary N) is 1. The fourth-order valence-corrected chi connectivity index (χ4v) is 1.76. The van der Waals surface area contributed by atoms with Gasteiger partial charge < -0.3 is 15.2 Å². The van der Waals surface area contributed by atoms with Gasteiger partial charge in [-0.1, -0.05) is 42.5 Å². The number of carbonyl (C=O) groups excluding carboxylic acids is 1. The van der Waals surface area contributed by atoms with Crippen LogP contribution in [0.2, 0.25) is 0 Å². The molecule has 0 heterocycles. The molecule has 20 heavy (non-hydrogen) atoms. The van der Waals surface area contributed by atoms with Gasteiger partial charge in [-0.2, -0.15) is 0 Å². The van der Waals surface area contributed by atoms with Crippen LogP contribution in [0.25, 0.3) is 0 Å². The molecule has 0 saturated carbocycles. The van der Waals surface area contributed by atoms with Crippen molar-refractivity contribution in [3.63, 3.8) is 0 Å². The largest absolute Gasteiger partial charge is 0.497 e. The third-order valence-electron chi connectivity index (χ3n) is 2.95. The predicted octanol–water partition coefficient (Wildman–Crippen LogP) is 2.44. The molecule has 0 fully saturated rings. The number of benzene rings is 2. The average molecular weight is 271 g/mol. The molecule has 2 aromatic carbocycles. The molecule has 0 amide bonds. The first-order valence-electron chi connectivity index (χ1n) is 6.31. The summed E-state index contributed by atoms with van der Waals surface area (Å²) in [5.41, 5.74) is 7.48. The Labute approximate surface area is 118 Å². The lowest BCUT2D eigenvalue weighted by molar-refractivity contribution is -0.146. The van der Waals surface area contributed by atoms with E-state index in [1.165, 1.54) is 0 Å². The first-order chi connectivity index (χ1) is 9.70. The van der Waals surface area contributed by atoms with Crippen LogP contribution in [0, 0.1) is 0 Å². The molecule has 2 rings (SSSR count). The third kappa shape index (κ3) is 3.59. The van der Waals surface area contributed by atoms with Gasteiger partial charge in [0.05, 0.1) is 7.11 Å². The highest BCUT2D eigenvalue weighted by Crippen LogP contribution is 2.14. The number of rotatable bonds is 5. The van der Waals surface area contributed by atoms with E-state index >= 15 is 0 Å². The van der Waals surface area contributed by atoms with Crippen LogP contribution in [-0.2, 0) is 16.1 Å². The minimum absolute atomic E-state index is 0.198. The van der Waals surface area contributed by atoms with Crippen molar-refractivity contribution >= 4 is 5.97 Å². The van der Waals surface area contributed by atoms with Crippen molar-refractivity contribution in [1.82, 2.24) is 0 Å². The Bertz CT molecular complexity index is 552. The lowest BCUT2D eigenvalue weighted by Gasteiger charge is -2.12. The van der Waals surface area contributed by atoms with E-state index in [-0.39, 0.29) is 6.61 Å². The molecule has 4 heteroatoms. The van der Waals surface area contributed by atoms with Crippen molar-refractivity contribution in [3.05, 3.63) is 65.7 Å². The van der Waals surface area contributed by atoms with E-state index in [1.54, 1.807) is 19.2 Å². The second-order valence-corrected chi connectivity index (χ2v) is 4.34. The molecule has 104 valence electrons. The molecule has 2 aromatic rings. The minimum Gasteiger partial charge on any atom is -0.497 e. The maximum atomic E-state index is 11.9. The summed E-state index contributed by atoms with van der Waals surface area (Å²) < 4.78 is 10.3. The maximum Gasteiger partial charge on any atom is 0.327 e. The van der Waals surface area contributed by atoms with Gasteiger partial charge in [-0.05, 0) is 23.3 Å². The van der Waals surface area contributed by atoms with Gasteiger partial charge in [-0.15, -0.1) is 0 Å². The Hall–Kier alpha value is -2.33. The molecule has 0 aliphatic heterocycles. The van der Waals surface area contributed by atoms with E-state index < -0.39 is 12.0 Å². The average Bonchev–Trinajstić information content (AvgIpc) is 2.53. The summed E-state index contributed by atoms with van der Waals surface area (Å²) in [6.45, 7) is 0.198. The van der Waals surface area contributed by atoms with Gasteiger partial charge in [-0.3, -0.25) is 0 Å². The number of esters is 1. The molecule has 0 aliphatic carbocycles. The van der Waals surface area contributed by atoms with E-state index in [9.17, 15) is 4.79 Å². The molecular formula is C16H17NO3. The number of hydrogen-bond donors (Lipinski definition) is 1. The van der Waals surface area contributed by atoms with E-state index in [1.807, 2.05) is 42.5 Å². The highest BCUT2D eigenvalue weighted by molar-refractivity contribution is 5.77. The first kappa shape index (κ1) is 14.1. The smallest absolute Gasteiger partial charge is 0.327 e. The normalized spacial score (nSPS) is 11.7. The summed E-state index contributed by atoms with van der Waals surface area (Å²) >= 11 is 0. The quantitative estimate of drug-likeness (QED) is 0.848. The van der Waals surface area contributed by atoms with Crippen LogP contribution in [0.15, 0.2) is 54.6 Å². The number of hydrogen-bond acceptors (Lipinski definition) is 4. The molecule has 0 unspecified atom stereocenters. The van der Waals surface area contributed by atoms with Crippen LogP contribution in [0.3, 0.4) is 0 Å². The SMILES string of the molecule is COc1ccc(COC(=O)[C@@H](N)c2ccccc2)cc1. The van der Waals surface area contributed by atoms with E-state index in [0.717, 1.165) is 16.9 Å². The van der Waals surface area contributed by atoms with Crippen molar-refractivity contribution < 1.29 is 14.3 Å². The molecule has 0 bridgehead atoms. The van der Waals surface area contributed by atoms with Crippen LogP contribution in [0.1, 0.15) is 17.2 Å². The monoisotopic (exact) mass is 271 g/mol. The lowest BCUT2D eigenvalue weighted by atomic mass is 10.1. The molecule has 2 N–H and O–H groups in total. The molecule has 1 atom stereocenters. The number of ether oxygens (including phenoxy) is 2. The Morgan fingerprint density at radius 1 is 1.10 bits per heavy atom. The second-order valence-electron chi connectivity index (χ2n) is 4.34. The molecule has 4 nitrogen and oxygen atoms in total. The zero-order valence-corrected chi connectivity index (χ0v) is 11.3. The van der Waals surface area contributed by atoms with Gasteiger partial charge in [0, 0.05) is 0 Å². The van der Waals surface area contributed by atoms with Crippen LogP contribution >= 0.6 is 0 Å². The van der Waals surface area contributed by atoms with Crippen molar-refractivity contribution in [1.29, 1.82) is 0 Å². The van der Waals surface area contributed by atoms with Gasteiger partial charge in [0.25, 0.3) is 0 Å². The van der Waals surface area contributed by atoms with Gasteiger partial charge in [0.15, 0.2) is 0 Å². The van der Waals surface area contributed by atoms with Crippen molar-refractivity contribution in [2.24, 2.45) is 5.73 Å². The summed E-state index contributed by atoms with van der Waals surface area (Å²) in [6.07, 6.45) is 0. The topological polar surface area (TPSA) is 61.5 Å². The summed E-state index contributed by atoms with van der Waals surface area (Å²) in [6, 6.07) is 15.7. The minimum atomic E-state index is -0.755. The zero-order chi connectivity index (χ0) is 14.4. The van der Waals surface area contributed by atoms with Crippen molar-refractivity contribution in [2.45, 2.75) is 12.6 Å².